The van der Waals surface area contributed by atoms with Crippen LogP contribution in [0.15, 0.2) is 0 Å². The molecular weight excluding hydrogens is 168 g/mol. The molecule has 0 aromatic rings. The third kappa shape index (κ3) is 4.85. The van der Waals surface area contributed by atoms with Gasteiger partial charge in [0.1, 0.15) is 0 Å². The number of nitrogens with one attached hydrogen (secondary N) is 2. The van der Waals surface area contributed by atoms with Gasteiger partial charge >= 0.3 is 0 Å². The van der Waals surface area contributed by atoms with Crippen molar-refractivity contribution in [3.8, 4) is 0 Å². The predicted octanol–water partition coefficient (Wildman–Crippen LogP) is 0.136. The summed E-state index contributed by atoms with van der Waals surface area (Å²) in [5.41, 5.74) is 0. The Hall–Kier alpha value is -0.610. The number of carbonyl (C=O) groups excluding carboxylic acids is 1. The van der Waals surface area contributed by atoms with E-state index in [1.807, 2.05) is 6.92 Å². The number of methoxy groups -OCH3 is 1. The van der Waals surface area contributed by atoms with Gasteiger partial charge in [0.15, 0.2) is 0 Å². The molecular formula is C9H20N2O2. The van der Waals surface area contributed by atoms with Crippen LogP contribution < -0.4 is 10.6 Å². The maximum Gasteiger partial charge on any atom is 0.236 e. The largest absolute Gasteiger partial charge is 0.383 e. The molecule has 78 valence electrons. The zero-order valence-electron chi connectivity index (χ0n) is 8.89. The summed E-state index contributed by atoms with van der Waals surface area (Å²) in [6, 6.07) is 0.0856. The van der Waals surface area contributed by atoms with Gasteiger partial charge in [0, 0.05) is 20.2 Å². The molecule has 0 spiro atoms. The summed E-state index contributed by atoms with van der Waals surface area (Å²) in [5, 5.41) is 5.78. The number of amides is 1. The summed E-state index contributed by atoms with van der Waals surface area (Å²) in [6.07, 6.45) is 0.954. The van der Waals surface area contributed by atoms with Crippen LogP contribution in [0.1, 0.15) is 20.3 Å². The monoisotopic (exact) mass is 188 g/mol. The molecule has 4 nitrogen and oxygen atoms in total. The van der Waals surface area contributed by atoms with Crippen LogP contribution in [0.5, 0.6) is 0 Å². The molecule has 0 aliphatic heterocycles. The summed E-state index contributed by atoms with van der Waals surface area (Å²) in [5.74, 6) is 0.00885. The van der Waals surface area contributed by atoms with E-state index < -0.39 is 0 Å². The zero-order chi connectivity index (χ0) is 10.3. The minimum atomic E-state index is -0.162. The first-order chi connectivity index (χ1) is 6.15. The topological polar surface area (TPSA) is 50.4 Å². The van der Waals surface area contributed by atoms with E-state index in [9.17, 15) is 4.79 Å². The molecule has 4 heteroatoms. The highest BCUT2D eigenvalue weighted by molar-refractivity contribution is 5.80. The van der Waals surface area contributed by atoms with Crippen molar-refractivity contribution in [1.82, 2.24) is 10.6 Å². The van der Waals surface area contributed by atoms with Gasteiger partial charge in [-0.15, -0.1) is 0 Å². The SMILES string of the molecule is CCC(COC)N[C@H](C)C(=O)NC. The Morgan fingerprint density at radius 2 is 2.15 bits per heavy atom. The summed E-state index contributed by atoms with van der Waals surface area (Å²) in [6.45, 7) is 4.54. The van der Waals surface area contributed by atoms with E-state index in [1.165, 1.54) is 0 Å². The number of likely N-dealkylation sites (N-methyl/N-ethyl adjacent to an activating group) is 1. The highest BCUT2D eigenvalue weighted by Gasteiger charge is 2.14. The van der Waals surface area contributed by atoms with Crippen LogP contribution in [0.3, 0.4) is 0 Å². The van der Waals surface area contributed by atoms with Gasteiger partial charge in [-0.3, -0.25) is 4.79 Å². The molecule has 0 heterocycles. The first-order valence-electron chi connectivity index (χ1n) is 4.62. The lowest BCUT2D eigenvalue weighted by atomic mass is 10.2. The molecule has 0 saturated carbocycles. The van der Waals surface area contributed by atoms with Crippen molar-refractivity contribution >= 4 is 5.91 Å². The molecule has 2 N–H and O–H groups in total. The van der Waals surface area contributed by atoms with E-state index in [0.717, 1.165) is 6.42 Å². The molecule has 0 saturated heterocycles. The maximum atomic E-state index is 11.2. The lowest BCUT2D eigenvalue weighted by molar-refractivity contribution is -0.122. The van der Waals surface area contributed by atoms with Crippen molar-refractivity contribution in [1.29, 1.82) is 0 Å². The Kier molecular flexibility index (Phi) is 6.54. The first kappa shape index (κ1) is 12.4. The molecule has 0 aromatic carbocycles. The molecule has 13 heavy (non-hydrogen) atoms. The maximum absolute atomic E-state index is 11.2. The van der Waals surface area contributed by atoms with Crippen LogP contribution in [0.4, 0.5) is 0 Å². The van der Waals surface area contributed by atoms with Gasteiger partial charge in [-0.2, -0.15) is 0 Å². The summed E-state index contributed by atoms with van der Waals surface area (Å²) >= 11 is 0. The second-order valence-corrected chi connectivity index (χ2v) is 3.06. The fourth-order valence-corrected chi connectivity index (χ4v) is 1.13. The van der Waals surface area contributed by atoms with Gasteiger partial charge < -0.3 is 15.4 Å². The van der Waals surface area contributed by atoms with Crippen LogP contribution in [0.2, 0.25) is 0 Å². The molecule has 0 radical (unpaired) electrons. The van der Waals surface area contributed by atoms with E-state index in [0.29, 0.717) is 6.61 Å². The van der Waals surface area contributed by atoms with Crippen molar-refractivity contribution in [3.63, 3.8) is 0 Å². The number of carbonyl (C=O) groups is 1. The first-order valence-corrected chi connectivity index (χ1v) is 4.62. The Morgan fingerprint density at radius 1 is 1.54 bits per heavy atom. The number of rotatable bonds is 6. The van der Waals surface area contributed by atoms with E-state index in [4.69, 9.17) is 4.74 Å². The minimum absolute atomic E-state index is 0.00885. The normalized spacial score (nSPS) is 15.1. The second-order valence-electron chi connectivity index (χ2n) is 3.06. The van der Waals surface area contributed by atoms with Crippen molar-refractivity contribution in [3.05, 3.63) is 0 Å². The molecule has 0 aromatic heterocycles. The van der Waals surface area contributed by atoms with Crippen LogP contribution in [0.25, 0.3) is 0 Å². The Labute approximate surface area is 80.0 Å². The summed E-state index contributed by atoms with van der Waals surface area (Å²) < 4.78 is 5.01. The van der Waals surface area contributed by atoms with Gasteiger partial charge in [0.25, 0.3) is 0 Å². The van der Waals surface area contributed by atoms with Crippen LogP contribution in [-0.4, -0.2) is 38.8 Å². The third-order valence-electron chi connectivity index (χ3n) is 1.99. The smallest absolute Gasteiger partial charge is 0.236 e. The molecule has 0 aliphatic carbocycles. The van der Waals surface area contributed by atoms with Gasteiger partial charge in [0.05, 0.1) is 12.6 Å². The van der Waals surface area contributed by atoms with E-state index >= 15 is 0 Å². The van der Waals surface area contributed by atoms with E-state index in [-0.39, 0.29) is 18.0 Å². The van der Waals surface area contributed by atoms with Crippen molar-refractivity contribution < 1.29 is 9.53 Å². The lowest BCUT2D eigenvalue weighted by Crippen LogP contribution is -2.46. The highest BCUT2D eigenvalue weighted by atomic mass is 16.5. The molecule has 0 rings (SSSR count). The second kappa shape index (κ2) is 6.86. The standard InChI is InChI=1S/C9H20N2O2/c1-5-8(6-13-4)11-7(2)9(12)10-3/h7-8,11H,5-6H2,1-4H3,(H,10,12)/t7-,8?/m1/s1. The highest BCUT2D eigenvalue weighted by Crippen LogP contribution is 1.94. The van der Waals surface area contributed by atoms with Crippen molar-refractivity contribution in [2.45, 2.75) is 32.4 Å². The average Bonchev–Trinajstić information content (AvgIpc) is 2.15. The number of hydrogen-bond donors (Lipinski definition) is 2. The fraction of sp³-hybridized carbons (Fsp3) is 0.889. The van der Waals surface area contributed by atoms with Crippen molar-refractivity contribution in [2.24, 2.45) is 0 Å². The van der Waals surface area contributed by atoms with Gasteiger partial charge in [-0.05, 0) is 13.3 Å². The fourth-order valence-electron chi connectivity index (χ4n) is 1.13. The molecule has 0 aliphatic rings. The van der Waals surface area contributed by atoms with Gasteiger partial charge in [-0.25, -0.2) is 0 Å². The Bertz CT molecular complexity index is 151. The van der Waals surface area contributed by atoms with Gasteiger partial charge in [-0.1, -0.05) is 6.92 Å². The van der Waals surface area contributed by atoms with Crippen molar-refractivity contribution in [2.75, 3.05) is 20.8 Å². The number of ether oxygens (including phenoxy) is 1. The minimum Gasteiger partial charge on any atom is -0.383 e. The Balaban J connectivity index is 3.85. The van der Waals surface area contributed by atoms with E-state index in [1.54, 1.807) is 14.2 Å². The summed E-state index contributed by atoms with van der Waals surface area (Å²) in [4.78, 5) is 11.2. The number of hydrogen-bond acceptors (Lipinski definition) is 3. The quantitative estimate of drug-likeness (QED) is 0.623. The predicted molar refractivity (Wildman–Crippen MR) is 52.6 cm³/mol. The molecule has 2 atom stereocenters. The van der Waals surface area contributed by atoms with Crippen LogP contribution in [0, 0.1) is 0 Å². The van der Waals surface area contributed by atoms with E-state index in [2.05, 4.69) is 17.6 Å². The Morgan fingerprint density at radius 3 is 2.54 bits per heavy atom. The zero-order valence-corrected chi connectivity index (χ0v) is 8.89. The average molecular weight is 188 g/mol. The molecule has 0 bridgehead atoms. The molecule has 1 amide bonds. The van der Waals surface area contributed by atoms with Crippen LogP contribution in [-0.2, 0) is 9.53 Å². The van der Waals surface area contributed by atoms with Crippen LogP contribution >= 0.6 is 0 Å². The molecule has 1 unspecified atom stereocenters. The molecule has 0 fully saturated rings. The van der Waals surface area contributed by atoms with Gasteiger partial charge in [0.2, 0.25) is 5.91 Å². The lowest BCUT2D eigenvalue weighted by Gasteiger charge is -2.20. The summed E-state index contributed by atoms with van der Waals surface area (Å²) in [7, 11) is 3.30. The third-order valence-corrected chi connectivity index (χ3v) is 1.99.